The number of rotatable bonds is 9. The average molecular weight is 398 g/mol. The molecule has 0 spiro atoms. The molecule has 0 heterocycles. The number of carbonyl (C=O) groups is 1. The molecule has 0 saturated heterocycles. The lowest BCUT2D eigenvalue weighted by Crippen LogP contribution is -2.25. The van der Waals surface area contributed by atoms with Crippen molar-refractivity contribution in [2.45, 2.75) is 19.1 Å². The number of thioether (sulfide) groups is 1. The van der Waals surface area contributed by atoms with E-state index in [0.717, 1.165) is 29.2 Å². The molecule has 0 radical (unpaired) electrons. The molecular formula is C19H21Cl2NO2S. The van der Waals surface area contributed by atoms with Gasteiger partial charge in [-0.05, 0) is 48.4 Å². The molecule has 0 bridgehead atoms. The average Bonchev–Trinajstić information content (AvgIpc) is 2.61. The zero-order valence-corrected chi connectivity index (χ0v) is 16.4. The molecule has 0 fully saturated rings. The molecule has 134 valence electrons. The van der Waals surface area contributed by atoms with E-state index in [4.69, 9.17) is 27.9 Å². The van der Waals surface area contributed by atoms with Gasteiger partial charge in [0.05, 0.1) is 6.61 Å². The van der Waals surface area contributed by atoms with Crippen LogP contribution in [0.3, 0.4) is 0 Å². The number of benzene rings is 2. The lowest BCUT2D eigenvalue weighted by atomic mass is 10.2. The molecule has 0 aliphatic rings. The Kier molecular flexibility index (Phi) is 8.45. The summed E-state index contributed by atoms with van der Waals surface area (Å²) in [5.74, 6) is 2.30. The molecule has 2 aromatic carbocycles. The summed E-state index contributed by atoms with van der Waals surface area (Å²) in [6, 6.07) is 12.7. The van der Waals surface area contributed by atoms with Gasteiger partial charge in [0.15, 0.2) is 0 Å². The summed E-state index contributed by atoms with van der Waals surface area (Å²) < 4.78 is 5.51. The van der Waals surface area contributed by atoms with Crippen LogP contribution in [0.4, 0.5) is 0 Å². The van der Waals surface area contributed by atoms with Crippen molar-refractivity contribution in [1.29, 1.82) is 0 Å². The van der Waals surface area contributed by atoms with E-state index in [2.05, 4.69) is 12.2 Å². The maximum atomic E-state index is 12.1. The number of hydrogen-bond donors (Lipinski definition) is 1. The third kappa shape index (κ3) is 6.81. The standard InChI is InChI=1S/C19H21Cl2NO2S/c1-2-10-24-17-7-4-14(5-8-17)19(23)22-9-11-25-13-15-3-6-16(20)12-18(15)21/h3-8,12H,2,9-11,13H2,1H3,(H,22,23). The summed E-state index contributed by atoms with van der Waals surface area (Å²) in [5, 5.41) is 4.23. The van der Waals surface area contributed by atoms with E-state index >= 15 is 0 Å². The van der Waals surface area contributed by atoms with Crippen LogP contribution in [0.5, 0.6) is 5.75 Å². The van der Waals surface area contributed by atoms with E-state index in [0.29, 0.717) is 28.8 Å². The Morgan fingerprint density at radius 1 is 1.16 bits per heavy atom. The van der Waals surface area contributed by atoms with Gasteiger partial charge in [0.2, 0.25) is 0 Å². The van der Waals surface area contributed by atoms with Crippen LogP contribution in [-0.2, 0) is 5.75 Å². The molecule has 0 aliphatic carbocycles. The van der Waals surface area contributed by atoms with Gasteiger partial charge in [0.1, 0.15) is 5.75 Å². The van der Waals surface area contributed by atoms with Gasteiger partial charge in [0.25, 0.3) is 5.91 Å². The lowest BCUT2D eigenvalue weighted by molar-refractivity contribution is 0.0956. The van der Waals surface area contributed by atoms with Crippen LogP contribution in [0, 0.1) is 0 Å². The molecule has 0 aromatic heterocycles. The minimum Gasteiger partial charge on any atom is -0.494 e. The van der Waals surface area contributed by atoms with Gasteiger partial charge in [-0.1, -0.05) is 36.2 Å². The predicted octanol–water partition coefficient (Wildman–Crippen LogP) is 5.45. The van der Waals surface area contributed by atoms with Crippen molar-refractivity contribution in [1.82, 2.24) is 5.32 Å². The lowest BCUT2D eigenvalue weighted by Gasteiger charge is -2.08. The highest BCUT2D eigenvalue weighted by Crippen LogP contribution is 2.24. The van der Waals surface area contributed by atoms with Crippen molar-refractivity contribution in [2.75, 3.05) is 18.9 Å². The highest BCUT2D eigenvalue weighted by Gasteiger charge is 2.06. The summed E-state index contributed by atoms with van der Waals surface area (Å²) in [6.45, 7) is 3.34. The fourth-order valence-electron chi connectivity index (χ4n) is 2.08. The molecule has 2 aromatic rings. The molecule has 1 amide bonds. The maximum absolute atomic E-state index is 12.1. The fraction of sp³-hybridized carbons (Fsp3) is 0.316. The van der Waals surface area contributed by atoms with Gasteiger partial charge >= 0.3 is 0 Å². The van der Waals surface area contributed by atoms with Gasteiger partial charge in [-0.15, -0.1) is 0 Å². The quantitative estimate of drug-likeness (QED) is 0.571. The van der Waals surface area contributed by atoms with Crippen molar-refractivity contribution >= 4 is 40.9 Å². The van der Waals surface area contributed by atoms with Crippen molar-refractivity contribution in [3.63, 3.8) is 0 Å². The summed E-state index contributed by atoms with van der Waals surface area (Å²) in [6.07, 6.45) is 0.959. The second-order valence-electron chi connectivity index (χ2n) is 5.42. The van der Waals surface area contributed by atoms with E-state index in [-0.39, 0.29) is 5.91 Å². The minimum atomic E-state index is -0.0767. The van der Waals surface area contributed by atoms with Gasteiger partial charge in [0, 0.05) is 33.7 Å². The molecule has 1 N–H and O–H groups in total. The molecule has 0 aliphatic heterocycles. The largest absolute Gasteiger partial charge is 0.494 e. The molecule has 3 nitrogen and oxygen atoms in total. The molecule has 6 heteroatoms. The predicted molar refractivity (Wildman–Crippen MR) is 107 cm³/mol. The summed E-state index contributed by atoms with van der Waals surface area (Å²) in [5.41, 5.74) is 1.68. The minimum absolute atomic E-state index is 0.0767. The third-order valence-corrected chi connectivity index (χ3v) is 4.99. The van der Waals surface area contributed by atoms with Gasteiger partial charge in [-0.2, -0.15) is 11.8 Å². The Bertz CT molecular complexity index is 692. The highest BCUT2D eigenvalue weighted by molar-refractivity contribution is 7.98. The summed E-state index contributed by atoms with van der Waals surface area (Å²) in [7, 11) is 0. The van der Waals surface area contributed by atoms with Crippen LogP contribution in [0.25, 0.3) is 0 Å². The summed E-state index contributed by atoms with van der Waals surface area (Å²) in [4.78, 5) is 12.1. The van der Waals surface area contributed by atoms with Crippen LogP contribution < -0.4 is 10.1 Å². The molecular weight excluding hydrogens is 377 g/mol. The van der Waals surface area contributed by atoms with Crippen LogP contribution >= 0.6 is 35.0 Å². The van der Waals surface area contributed by atoms with Crippen LogP contribution in [-0.4, -0.2) is 24.8 Å². The van der Waals surface area contributed by atoms with E-state index in [1.54, 1.807) is 30.0 Å². The third-order valence-electron chi connectivity index (χ3n) is 3.39. The van der Waals surface area contributed by atoms with Gasteiger partial charge < -0.3 is 10.1 Å². The van der Waals surface area contributed by atoms with Crippen molar-refractivity contribution in [3.05, 3.63) is 63.6 Å². The van der Waals surface area contributed by atoms with Crippen LogP contribution in [0.2, 0.25) is 10.0 Å². The highest BCUT2D eigenvalue weighted by atomic mass is 35.5. The zero-order valence-electron chi connectivity index (χ0n) is 14.1. The molecule has 0 saturated carbocycles. The number of hydrogen-bond acceptors (Lipinski definition) is 3. The second-order valence-corrected chi connectivity index (χ2v) is 7.37. The van der Waals surface area contributed by atoms with Gasteiger partial charge in [-0.3, -0.25) is 4.79 Å². The van der Waals surface area contributed by atoms with Crippen molar-refractivity contribution < 1.29 is 9.53 Å². The smallest absolute Gasteiger partial charge is 0.251 e. The first kappa shape index (κ1) is 20.0. The fourth-order valence-corrected chi connectivity index (χ4v) is 3.50. The monoisotopic (exact) mass is 397 g/mol. The van der Waals surface area contributed by atoms with E-state index in [1.165, 1.54) is 0 Å². The molecule has 0 atom stereocenters. The summed E-state index contributed by atoms with van der Waals surface area (Å²) >= 11 is 13.7. The Morgan fingerprint density at radius 3 is 2.60 bits per heavy atom. The number of nitrogens with one attached hydrogen (secondary N) is 1. The first-order valence-corrected chi connectivity index (χ1v) is 10.0. The number of halogens is 2. The van der Waals surface area contributed by atoms with Crippen LogP contribution in [0.15, 0.2) is 42.5 Å². The zero-order chi connectivity index (χ0) is 18.1. The SMILES string of the molecule is CCCOc1ccc(C(=O)NCCSCc2ccc(Cl)cc2Cl)cc1. The second kappa shape index (κ2) is 10.6. The van der Waals surface area contributed by atoms with Crippen molar-refractivity contribution in [3.8, 4) is 5.75 Å². The van der Waals surface area contributed by atoms with E-state index < -0.39 is 0 Å². The number of ether oxygens (including phenoxy) is 1. The molecule has 25 heavy (non-hydrogen) atoms. The first-order valence-electron chi connectivity index (χ1n) is 8.13. The van der Waals surface area contributed by atoms with Crippen LogP contribution in [0.1, 0.15) is 29.3 Å². The normalized spacial score (nSPS) is 10.5. The van der Waals surface area contributed by atoms with E-state index in [1.807, 2.05) is 24.3 Å². The molecule has 0 unspecified atom stereocenters. The maximum Gasteiger partial charge on any atom is 0.251 e. The Morgan fingerprint density at radius 2 is 1.92 bits per heavy atom. The van der Waals surface area contributed by atoms with Gasteiger partial charge in [-0.25, -0.2) is 0 Å². The van der Waals surface area contributed by atoms with E-state index in [9.17, 15) is 4.79 Å². The molecule has 2 rings (SSSR count). The Balaban J connectivity index is 1.69. The number of carbonyl (C=O) groups excluding carboxylic acids is 1. The van der Waals surface area contributed by atoms with Crippen molar-refractivity contribution in [2.24, 2.45) is 0 Å². The Hall–Kier alpha value is -1.36. The first-order chi connectivity index (χ1) is 12.1. The topological polar surface area (TPSA) is 38.3 Å². The number of amides is 1. The Labute approximate surface area is 163 Å².